The second-order valence-electron chi connectivity index (χ2n) is 4.51. The molecular weight excluding hydrogens is 244 g/mol. The third-order valence-electron chi connectivity index (χ3n) is 2.67. The van der Waals surface area contributed by atoms with Crippen LogP contribution in [0.25, 0.3) is 0 Å². The van der Waals surface area contributed by atoms with Crippen molar-refractivity contribution in [2.75, 3.05) is 19.6 Å². The molecule has 0 atom stereocenters. The molecule has 0 aromatic rings. The molecule has 7 heteroatoms. The Hall–Kier alpha value is -1.24. The van der Waals surface area contributed by atoms with Crippen molar-refractivity contribution in [2.24, 2.45) is 11.7 Å². The Morgan fingerprint density at radius 1 is 1.28 bits per heavy atom. The van der Waals surface area contributed by atoms with Crippen LogP contribution in [-0.4, -0.2) is 37.4 Å². The molecule has 0 spiro atoms. The fraction of sp³-hybridized carbons (Fsp3) is 0.818. The molecule has 1 aliphatic carbocycles. The van der Waals surface area contributed by atoms with E-state index in [1.807, 2.05) is 0 Å². The monoisotopic (exact) mass is 263 g/mol. The first kappa shape index (κ1) is 14.8. The van der Waals surface area contributed by atoms with E-state index in [1.54, 1.807) is 0 Å². The normalized spacial score (nSPS) is 15.3. The Balaban J connectivity index is 2.01. The lowest BCUT2D eigenvalue weighted by atomic mass is 10.2. The maximum Gasteiger partial charge on any atom is 0.277 e. The average Bonchev–Trinajstić information content (AvgIpc) is 3.16. The number of hydrogen-bond donors (Lipinski definition) is 3. The van der Waals surface area contributed by atoms with E-state index >= 15 is 0 Å². The smallest absolute Gasteiger partial charge is 0.277 e. The van der Waals surface area contributed by atoms with E-state index in [9.17, 15) is 18.4 Å². The highest BCUT2D eigenvalue weighted by Crippen LogP contribution is 2.28. The van der Waals surface area contributed by atoms with Crippen molar-refractivity contribution in [3.63, 3.8) is 0 Å². The van der Waals surface area contributed by atoms with Crippen LogP contribution in [0.1, 0.15) is 25.7 Å². The second-order valence-corrected chi connectivity index (χ2v) is 4.51. The number of nitrogens with one attached hydrogen (secondary N) is 2. The van der Waals surface area contributed by atoms with E-state index in [1.165, 1.54) is 0 Å². The zero-order valence-corrected chi connectivity index (χ0v) is 10.2. The van der Waals surface area contributed by atoms with E-state index in [0.29, 0.717) is 13.0 Å². The van der Waals surface area contributed by atoms with Crippen LogP contribution in [0.4, 0.5) is 8.78 Å². The summed E-state index contributed by atoms with van der Waals surface area (Å²) < 4.78 is 25.4. The molecule has 1 aliphatic rings. The molecule has 2 amide bonds. The molecular formula is C11H19F2N3O2. The number of carbonyl (C=O) groups excluding carboxylic acids is 2. The molecule has 0 unspecified atom stereocenters. The van der Waals surface area contributed by atoms with Gasteiger partial charge in [-0.2, -0.15) is 0 Å². The first-order valence-electron chi connectivity index (χ1n) is 6.07. The lowest BCUT2D eigenvalue weighted by molar-refractivity contribution is -0.124. The highest BCUT2D eigenvalue weighted by molar-refractivity contribution is 5.81. The lowest BCUT2D eigenvalue weighted by Crippen LogP contribution is -2.41. The lowest BCUT2D eigenvalue weighted by Gasteiger charge is -2.14. The predicted molar refractivity (Wildman–Crippen MR) is 62.0 cm³/mol. The van der Waals surface area contributed by atoms with Gasteiger partial charge in [-0.3, -0.25) is 9.59 Å². The summed E-state index contributed by atoms with van der Waals surface area (Å²) in [5, 5.41) is 4.81. The van der Waals surface area contributed by atoms with Crippen molar-refractivity contribution >= 4 is 11.8 Å². The summed E-state index contributed by atoms with van der Waals surface area (Å²) in [6, 6.07) is 0. The molecule has 0 radical (unpaired) electrons. The van der Waals surface area contributed by atoms with Gasteiger partial charge in [-0.15, -0.1) is 0 Å². The van der Waals surface area contributed by atoms with Crippen LogP contribution in [0.3, 0.4) is 0 Å². The minimum atomic E-state index is -3.06. The highest BCUT2D eigenvalue weighted by Gasteiger charge is 2.29. The molecule has 1 fully saturated rings. The molecule has 0 bridgehead atoms. The highest BCUT2D eigenvalue weighted by atomic mass is 19.3. The molecule has 104 valence electrons. The van der Waals surface area contributed by atoms with Crippen LogP contribution >= 0.6 is 0 Å². The Kier molecular flexibility index (Phi) is 5.46. The summed E-state index contributed by atoms with van der Waals surface area (Å²) in [6.07, 6.45) is 2.42. The van der Waals surface area contributed by atoms with Gasteiger partial charge in [-0.05, 0) is 19.3 Å². The molecule has 0 aromatic carbocycles. The zero-order chi connectivity index (χ0) is 13.6. The summed E-state index contributed by atoms with van der Waals surface area (Å²) in [7, 11) is 0. The van der Waals surface area contributed by atoms with Crippen LogP contribution in [-0.2, 0) is 9.59 Å². The quantitative estimate of drug-likeness (QED) is 0.539. The Morgan fingerprint density at radius 3 is 2.50 bits per heavy atom. The average molecular weight is 263 g/mol. The maximum absolute atomic E-state index is 12.7. The van der Waals surface area contributed by atoms with Crippen LogP contribution in [0.15, 0.2) is 0 Å². The van der Waals surface area contributed by atoms with Crippen LogP contribution in [0.2, 0.25) is 0 Å². The van der Waals surface area contributed by atoms with Crippen molar-refractivity contribution in [3.8, 4) is 0 Å². The van der Waals surface area contributed by atoms with Gasteiger partial charge in [0.1, 0.15) is 0 Å². The second kappa shape index (κ2) is 6.63. The molecule has 4 N–H and O–H groups in total. The first-order valence-corrected chi connectivity index (χ1v) is 6.07. The SMILES string of the molecule is NCC(F)(F)CNC(=O)CCCNC(=O)C1CC1. The fourth-order valence-electron chi connectivity index (χ4n) is 1.34. The minimum Gasteiger partial charge on any atom is -0.356 e. The molecule has 0 aliphatic heterocycles. The van der Waals surface area contributed by atoms with Gasteiger partial charge in [0.15, 0.2) is 0 Å². The van der Waals surface area contributed by atoms with Gasteiger partial charge in [-0.1, -0.05) is 0 Å². The van der Waals surface area contributed by atoms with Crippen LogP contribution in [0, 0.1) is 5.92 Å². The van der Waals surface area contributed by atoms with Crippen molar-refractivity contribution in [1.82, 2.24) is 10.6 Å². The third-order valence-corrected chi connectivity index (χ3v) is 2.67. The molecule has 0 saturated heterocycles. The minimum absolute atomic E-state index is 0.0186. The Morgan fingerprint density at radius 2 is 1.94 bits per heavy atom. The van der Waals surface area contributed by atoms with Crippen molar-refractivity contribution in [3.05, 3.63) is 0 Å². The zero-order valence-electron chi connectivity index (χ0n) is 10.2. The van der Waals surface area contributed by atoms with Gasteiger partial charge < -0.3 is 16.4 Å². The van der Waals surface area contributed by atoms with Gasteiger partial charge in [0.2, 0.25) is 11.8 Å². The summed E-state index contributed by atoms with van der Waals surface area (Å²) in [6.45, 7) is -1.13. The Bertz CT molecular complexity index is 307. The number of rotatable bonds is 8. The fourth-order valence-corrected chi connectivity index (χ4v) is 1.34. The largest absolute Gasteiger partial charge is 0.356 e. The van der Waals surface area contributed by atoms with Gasteiger partial charge in [0.25, 0.3) is 5.92 Å². The summed E-state index contributed by atoms with van der Waals surface area (Å²) in [5.41, 5.74) is 4.83. The number of amides is 2. The van der Waals surface area contributed by atoms with E-state index in [2.05, 4.69) is 10.6 Å². The molecule has 1 rings (SSSR count). The van der Waals surface area contributed by atoms with Gasteiger partial charge in [0, 0.05) is 18.9 Å². The molecule has 0 heterocycles. The van der Waals surface area contributed by atoms with E-state index in [-0.39, 0.29) is 18.2 Å². The van der Waals surface area contributed by atoms with E-state index in [0.717, 1.165) is 12.8 Å². The molecule has 1 saturated carbocycles. The predicted octanol–water partition coefficient (Wildman–Crippen LogP) is 0.00300. The topological polar surface area (TPSA) is 84.2 Å². The van der Waals surface area contributed by atoms with Gasteiger partial charge in [0.05, 0.1) is 13.1 Å². The van der Waals surface area contributed by atoms with Crippen molar-refractivity contribution in [2.45, 2.75) is 31.6 Å². The summed E-state index contributed by atoms with van der Waals surface area (Å²) in [4.78, 5) is 22.4. The first-order chi connectivity index (χ1) is 8.44. The van der Waals surface area contributed by atoms with E-state index < -0.39 is 24.9 Å². The number of alkyl halides is 2. The van der Waals surface area contributed by atoms with Crippen LogP contribution in [0.5, 0.6) is 0 Å². The number of hydrogen-bond acceptors (Lipinski definition) is 3. The standard InChI is InChI=1S/C11H19F2N3O2/c12-11(13,6-14)7-16-9(17)2-1-5-15-10(18)8-3-4-8/h8H,1-7,14H2,(H,15,18)(H,16,17). The van der Waals surface area contributed by atoms with Crippen molar-refractivity contribution < 1.29 is 18.4 Å². The molecule has 18 heavy (non-hydrogen) atoms. The summed E-state index contributed by atoms with van der Waals surface area (Å²) in [5.74, 6) is -3.36. The summed E-state index contributed by atoms with van der Waals surface area (Å²) >= 11 is 0. The van der Waals surface area contributed by atoms with Crippen molar-refractivity contribution in [1.29, 1.82) is 0 Å². The van der Waals surface area contributed by atoms with Gasteiger partial charge in [-0.25, -0.2) is 8.78 Å². The molecule has 5 nitrogen and oxygen atoms in total. The number of nitrogens with two attached hydrogens (primary N) is 1. The molecule has 0 aromatic heterocycles. The Labute approximate surface area is 104 Å². The van der Waals surface area contributed by atoms with Crippen LogP contribution < -0.4 is 16.4 Å². The van der Waals surface area contributed by atoms with Gasteiger partial charge >= 0.3 is 0 Å². The maximum atomic E-state index is 12.7. The van der Waals surface area contributed by atoms with E-state index in [4.69, 9.17) is 5.73 Å². The number of halogens is 2. The third kappa shape index (κ3) is 5.90. The number of carbonyl (C=O) groups is 2.